The van der Waals surface area contributed by atoms with E-state index >= 15 is 0 Å². The van der Waals surface area contributed by atoms with Gasteiger partial charge in [0, 0.05) is 49.4 Å². The Balaban J connectivity index is 1.26. The fourth-order valence-corrected chi connectivity index (χ4v) is 9.26. The van der Waals surface area contributed by atoms with Gasteiger partial charge in [0.25, 0.3) is 0 Å². The van der Waals surface area contributed by atoms with Gasteiger partial charge in [-0.3, -0.25) is 9.88 Å². The summed E-state index contributed by atoms with van der Waals surface area (Å²) in [4.78, 5) is 12.1. The van der Waals surface area contributed by atoms with Crippen LogP contribution in [-0.4, -0.2) is 103 Å². The first-order valence-corrected chi connectivity index (χ1v) is 19.0. The number of ether oxygens (including phenoxy) is 1. The number of hydrogen-bond donors (Lipinski definition) is 1. The van der Waals surface area contributed by atoms with Gasteiger partial charge in [-0.25, -0.2) is 12.8 Å². The molecule has 3 aliphatic rings. The van der Waals surface area contributed by atoms with Gasteiger partial charge >= 0.3 is 0 Å². The second kappa shape index (κ2) is 13.7. The number of aliphatic hydroxyl groups excluding tert-OH is 1. The molecule has 3 aliphatic heterocycles. The van der Waals surface area contributed by atoms with Gasteiger partial charge in [-0.1, -0.05) is 0 Å². The van der Waals surface area contributed by atoms with E-state index in [1.807, 2.05) is 0 Å². The lowest BCUT2D eigenvalue weighted by molar-refractivity contribution is 0.0170. The fourth-order valence-electron chi connectivity index (χ4n) is 7.27. The Bertz CT molecular complexity index is 1610. The number of likely N-dealkylation sites (tertiary alicyclic amines) is 2. The molecule has 0 aliphatic carbocycles. The van der Waals surface area contributed by atoms with E-state index in [1.165, 1.54) is 18.3 Å². The number of aromatic nitrogens is 1. The minimum absolute atomic E-state index is 0.00278. The lowest BCUT2D eigenvalue weighted by atomic mass is 9.95. The Morgan fingerprint density at radius 3 is 2.38 bits per heavy atom. The Morgan fingerprint density at radius 2 is 1.71 bits per heavy atom. The normalized spacial score (nSPS) is 22.2. The fraction of sp³-hybridized carbons (Fsp3) is 0.545. The van der Waals surface area contributed by atoms with Gasteiger partial charge < -0.3 is 24.2 Å². The van der Waals surface area contributed by atoms with Gasteiger partial charge in [0.15, 0.2) is 16.5 Å². The van der Waals surface area contributed by atoms with Crippen molar-refractivity contribution in [3.8, 4) is 5.75 Å². The van der Waals surface area contributed by atoms with Gasteiger partial charge in [0.2, 0.25) is 9.84 Å². The van der Waals surface area contributed by atoms with E-state index in [0.29, 0.717) is 46.7 Å². The molecule has 45 heavy (non-hydrogen) atoms. The molecule has 2 unspecified atom stereocenters. The molecule has 6 rings (SSSR count). The van der Waals surface area contributed by atoms with E-state index < -0.39 is 26.8 Å². The number of piperidine rings is 3. The summed E-state index contributed by atoms with van der Waals surface area (Å²) >= 11 is -1.27. The molecule has 244 valence electrons. The third kappa shape index (κ3) is 6.82. The monoisotopic (exact) mass is 658 g/mol. The number of halogens is 1. The van der Waals surface area contributed by atoms with E-state index in [0.717, 1.165) is 70.8 Å². The Hall–Kier alpha value is -2.48. The van der Waals surface area contributed by atoms with E-state index in [1.54, 1.807) is 31.4 Å². The topological polar surface area (TPSA) is 109 Å². The molecule has 2 aromatic carbocycles. The van der Waals surface area contributed by atoms with Gasteiger partial charge in [0.1, 0.15) is 11.2 Å². The van der Waals surface area contributed by atoms with Crippen LogP contribution in [0.25, 0.3) is 10.9 Å². The molecule has 0 spiro atoms. The summed E-state index contributed by atoms with van der Waals surface area (Å²) < 4.78 is 60.8. The summed E-state index contributed by atoms with van der Waals surface area (Å²) in [5.74, 6) is -0.735. The van der Waals surface area contributed by atoms with E-state index in [-0.39, 0.29) is 28.3 Å². The molecule has 0 radical (unpaired) electrons. The number of sulfone groups is 1. The number of benzene rings is 2. The number of fused-ring (bicyclic) bond motifs is 1. The molecule has 9 nitrogen and oxygen atoms in total. The van der Waals surface area contributed by atoms with Crippen LogP contribution in [0.1, 0.15) is 45.4 Å². The maximum atomic E-state index is 14.8. The molecular weight excluding hydrogens is 616 g/mol. The van der Waals surface area contributed by atoms with Crippen LogP contribution in [0.2, 0.25) is 0 Å². The molecule has 12 heteroatoms. The number of rotatable bonds is 8. The highest BCUT2D eigenvalue weighted by molar-refractivity contribution is 7.91. The van der Waals surface area contributed by atoms with E-state index in [9.17, 15) is 22.5 Å². The second-order valence-electron chi connectivity index (χ2n) is 12.4. The minimum Gasteiger partial charge on any atom is -0.612 e. The molecule has 1 N–H and O–H groups in total. The molecule has 3 fully saturated rings. The first-order chi connectivity index (χ1) is 21.7. The van der Waals surface area contributed by atoms with Crippen LogP contribution in [0.15, 0.2) is 57.3 Å². The molecule has 0 saturated carbocycles. The zero-order chi connectivity index (χ0) is 31.7. The molecule has 0 amide bonds. The molecule has 3 saturated heterocycles. The number of β-amino-alcohol motifs (C(OH)–C–C–N with tert-alkyl or cyclic N) is 1. The highest BCUT2D eigenvalue weighted by Crippen LogP contribution is 2.39. The van der Waals surface area contributed by atoms with Crippen LogP contribution in [-0.2, 0) is 21.0 Å². The maximum Gasteiger partial charge on any atom is 0.210 e. The average Bonchev–Trinajstić information content (AvgIpc) is 3.05. The van der Waals surface area contributed by atoms with Crippen LogP contribution >= 0.6 is 0 Å². The van der Waals surface area contributed by atoms with Crippen molar-refractivity contribution in [2.75, 3.05) is 57.0 Å². The molecule has 2 atom stereocenters. The van der Waals surface area contributed by atoms with Crippen LogP contribution in [0.4, 0.5) is 10.1 Å². The predicted octanol–water partition coefficient (Wildman–Crippen LogP) is 4.23. The van der Waals surface area contributed by atoms with Crippen molar-refractivity contribution in [1.29, 1.82) is 0 Å². The summed E-state index contributed by atoms with van der Waals surface area (Å²) in [6.07, 6.45) is 8.68. The summed E-state index contributed by atoms with van der Waals surface area (Å²) in [5.41, 5.74) is 1.14. The maximum absolute atomic E-state index is 14.8. The van der Waals surface area contributed by atoms with Crippen molar-refractivity contribution < 1.29 is 27.2 Å². The molecular formula is C33H43FN4O5S2. The average molecular weight is 659 g/mol. The summed E-state index contributed by atoms with van der Waals surface area (Å²) in [6.45, 7) is 7.21. The van der Waals surface area contributed by atoms with Crippen LogP contribution in [0, 0.1) is 5.82 Å². The van der Waals surface area contributed by atoms with Gasteiger partial charge in [-0.2, -0.15) is 0 Å². The summed E-state index contributed by atoms with van der Waals surface area (Å²) in [6, 6.07) is 9.97. The third-order valence-electron chi connectivity index (χ3n) is 9.65. The van der Waals surface area contributed by atoms with Gasteiger partial charge in [0.05, 0.1) is 28.8 Å². The zero-order valence-electron chi connectivity index (χ0n) is 26.0. The third-order valence-corrected chi connectivity index (χ3v) is 12.3. The summed E-state index contributed by atoms with van der Waals surface area (Å²) in [7, 11) is -4.16. The number of aliphatic hydroxyl groups is 1. The van der Waals surface area contributed by atoms with Crippen molar-refractivity contribution >= 4 is 37.6 Å². The van der Waals surface area contributed by atoms with Crippen molar-refractivity contribution in [2.45, 2.75) is 78.3 Å². The Kier molecular flexibility index (Phi) is 9.89. The van der Waals surface area contributed by atoms with Gasteiger partial charge in [-0.15, -0.1) is 0 Å². The van der Waals surface area contributed by atoms with Crippen LogP contribution in [0.3, 0.4) is 0 Å². The van der Waals surface area contributed by atoms with E-state index in [4.69, 9.17) is 4.74 Å². The van der Waals surface area contributed by atoms with Crippen molar-refractivity contribution in [1.82, 2.24) is 14.8 Å². The smallest absolute Gasteiger partial charge is 0.210 e. The molecule has 3 aromatic rings. The van der Waals surface area contributed by atoms with E-state index in [2.05, 4.69) is 19.7 Å². The predicted molar refractivity (Wildman–Crippen MR) is 174 cm³/mol. The SMILES string of the molecule is CCOc1ccc(S(=O)(=O)c2cnc3ccc([S+](C)[O-])cc3c2N2CCC(N3CCC(N4CCCC(O)C4)CC3)CC2)cc1F. The highest BCUT2D eigenvalue weighted by Gasteiger charge is 2.34. The summed E-state index contributed by atoms with van der Waals surface area (Å²) in [5, 5.41) is 10.8. The Labute approximate surface area is 268 Å². The van der Waals surface area contributed by atoms with Crippen LogP contribution < -0.4 is 9.64 Å². The molecule has 4 heterocycles. The lowest BCUT2D eigenvalue weighted by Gasteiger charge is -2.45. The Morgan fingerprint density at radius 1 is 1.00 bits per heavy atom. The van der Waals surface area contributed by atoms with Crippen molar-refractivity contribution in [3.05, 3.63) is 48.4 Å². The first kappa shape index (κ1) is 32.5. The molecule has 1 aromatic heterocycles. The number of nitrogens with zero attached hydrogens (tertiary/aromatic N) is 4. The molecule has 0 bridgehead atoms. The van der Waals surface area contributed by atoms with Gasteiger partial charge in [-0.05, 0) is 107 Å². The number of pyridine rings is 1. The standard InChI is InChI=1S/C33H43FN4O5S2/c1-3-43-31-9-7-27(20-29(31)34)45(41,42)32-21-35-30-8-6-26(44(2)40)19-28(30)33(32)37-17-12-23(13-18-37)36-15-10-24(11-16-36)38-14-4-5-25(39)22-38/h6-9,19-21,23-25,39H,3-5,10-18,22H2,1-2H3. The number of hydrogen-bond acceptors (Lipinski definition) is 9. The minimum atomic E-state index is -4.16. The second-order valence-corrected chi connectivity index (χ2v) is 15.7. The van der Waals surface area contributed by atoms with Crippen molar-refractivity contribution in [2.24, 2.45) is 0 Å². The first-order valence-electron chi connectivity index (χ1n) is 16.0. The zero-order valence-corrected chi connectivity index (χ0v) is 27.7. The van der Waals surface area contributed by atoms with Crippen LogP contribution in [0.5, 0.6) is 5.75 Å². The quantitative estimate of drug-likeness (QED) is 0.356. The number of anilines is 1. The lowest BCUT2D eigenvalue weighted by Crippen LogP contribution is -2.53. The largest absolute Gasteiger partial charge is 0.612 e. The highest BCUT2D eigenvalue weighted by atomic mass is 32.2. The van der Waals surface area contributed by atoms with Crippen molar-refractivity contribution in [3.63, 3.8) is 0 Å².